The Hall–Kier alpha value is -0.450. The molecule has 0 saturated heterocycles. The summed E-state index contributed by atoms with van der Waals surface area (Å²) < 4.78 is 0. The van der Waals surface area contributed by atoms with Gasteiger partial charge in [0.2, 0.25) is 0 Å². The fraction of sp³-hybridized carbons (Fsp3) is 0.667. The van der Waals surface area contributed by atoms with Gasteiger partial charge >= 0.3 is 0 Å². The highest BCUT2D eigenvalue weighted by atomic mass is 32.1. The largest absolute Gasteiger partial charge is 0.330 e. The maximum atomic E-state index is 5.50. The van der Waals surface area contributed by atoms with Crippen LogP contribution in [0.2, 0.25) is 0 Å². The number of nitrogens with two attached hydrogens (primary N) is 1. The van der Waals surface area contributed by atoms with Crippen molar-refractivity contribution in [1.29, 1.82) is 0 Å². The van der Waals surface area contributed by atoms with E-state index in [-0.39, 0.29) is 0 Å². The zero-order chi connectivity index (χ0) is 9.68. The van der Waals surface area contributed by atoms with Gasteiger partial charge in [-0.3, -0.25) is 0 Å². The molecular formula is C9H17N3S. The highest BCUT2D eigenvalue weighted by molar-refractivity contribution is 7.11. The zero-order valence-electron chi connectivity index (χ0n) is 8.21. The summed E-state index contributed by atoms with van der Waals surface area (Å²) in [7, 11) is 0. The van der Waals surface area contributed by atoms with E-state index in [4.69, 9.17) is 5.73 Å². The molecule has 1 aromatic rings. The maximum Gasteiger partial charge on any atom is 0.107 e. The van der Waals surface area contributed by atoms with Gasteiger partial charge in [0, 0.05) is 17.6 Å². The molecule has 0 aliphatic heterocycles. The van der Waals surface area contributed by atoms with E-state index in [1.165, 1.54) is 4.88 Å². The lowest BCUT2D eigenvalue weighted by Gasteiger charge is -2.07. The Bertz CT molecular complexity index is 247. The molecule has 0 fully saturated rings. The van der Waals surface area contributed by atoms with E-state index in [9.17, 15) is 0 Å². The van der Waals surface area contributed by atoms with Crippen LogP contribution in [0.5, 0.6) is 0 Å². The number of hydrogen-bond donors (Lipinski definition) is 2. The first-order valence-corrected chi connectivity index (χ1v) is 5.36. The number of nitrogens with one attached hydrogen (secondary N) is 1. The van der Waals surface area contributed by atoms with Gasteiger partial charge in [-0.05, 0) is 25.9 Å². The third-order valence-corrected chi connectivity index (χ3v) is 2.75. The molecule has 0 spiro atoms. The van der Waals surface area contributed by atoms with Crippen molar-refractivity contribution in [2.24, 2.45) is 11.7 Å². The SMILES string of the molecule is Cc1cnc(CNCC(C)CN)s1. The van der Waals surface area contributed by atoms with Crippen molar-refractivity contribution in [3.05, 3.63) is 16.1 Å². The number of aryl methyl sites for hydroxylation is 1. The van der Waals surface area contributed by atoms with Crippen molar-refractivity contribution in [2.45, 2.75) is 20.4 Å². The number of nitrogens with zero attached hydrogens (tertiary/aromatic N) is 1. The van der Waals surface area contributed by atoms with Crippen LogP contribution in [0.3, 0.4) is 0 Å². The molecule has 0 radical (unpaired) electrons. The minimum Gasteiger partial charge on any atom is -0.330 e. The Morgan fingerprint density at radius 3 is 3.00 bits per heavy atom. The van der Waals surface area contributed by atoms with Crippen molar-refractivity contribution in [3.8, 4) is 0 Å². The van der Waals surface area contributed by atoms with E-state index in [2.05, 4.69) is 24.1 Å². The third kappa shape index (κ3) is 3.85. The Kier molecular flexibility index (Phi) is 4.35. The molecule has 1 unspecified atom stereocenters. The Morgan fingerprint density at radius 2 is 2.46 bits per heavy atom. The summed E-state index contributed by atoms with van der Waals surface area (Å²) in [5.74, 6) is 0.543. The lowest BCUT2D eigenvalue weighted by atomic mass is 10.2. The van der Waals surface area contributed by atoms with Gasteiger partial charge in [0.25, 0.3) is 0 Å². The number of thiazole rings is 1. The smallest absolute Gasteiger partial charge is 0.107 e. The fourth-order valence-corrected chi connectivity index (χ4v) is 1.75. The van der Waals surface area contributed by atoms with E-state index in [0.717, 1.165) is 24.6 Å². The molecular weight excluding hydrogens is 182 g/mol. The molecule has 0 aliphatic rings. The molecule has 3 nitrogen and oxygen atoms in total. The summed E-state index contributed by atoms with van der Waals surface area (Å²) in [5.41, 5.74) is 5.50. The predicted octanol–water partition coefficient (Wildman–Crippen LogP) is 1.14. The van der Waals surface area contributed by atoms with Crippen LogP contribution in [-0.4, -0.2) is 18.1 Å². The zero-order valence-corrected chi connectivity index (χ0v) is 9.03. The second kappa shape index (κ2) is 5.32. The topological polar surface area (TPSA) is 50.9 Å². The van der Waals surface area contributed by atoms with Gasteiger partial charge in [-0.1, -0.05) is 6.92 Å². The Balaban J connectivity index is 2.20. The van der Waals surface area contributed by atoms with Crippen LogP contribution in [0.4, 0.5) is 0 Å². The lowest BCUT2D eigenvalue weighted by Crippen LogP contribution is -2.25. The molecule has 1 atom stereocenters. The van der Waals surface area contributed by atoms with Crippen LogP contribution in [0, 0.1) is 12.8 Å². The predicted molar refractivity (Wildman–Crippen MR) is 56.8 cm³/mol. The van der Waals surface area contributed by atoms with Crippen molar-refractivity contribution in [2.75, 3.05) is 13.1 Å². The summed E-state index contributed by atoms with van der Waals surface area (Å²) in [6.07, 6.45) is 1.91. The van der Waals surface area contributed by atoms with Crippen molar-refractivity contribution in [1.82, 2.24) is 10.3 Å². The average Bonchev–Trinajstić information content (AvgIpc) is 2.51. The third-order valence-electron chi connectivity index (χ3n) is 1.84. The molecule has 0 aliphatic carbocycles. The molecule has 74 valence electrons. The van der Waals surface area contributed by atoms with E-state index < -0.39 is 0 Å². The fourth-order valence-electron chi connectivity index (χ4n) is 0.992. The number of aromatic nitrogens is 1. The molecule has 0 aromatic carbocycles. The average molecular weight is 199 g/mol. The minimum absolute atomic E-state index is 0.543. The van der Waals surface area contributed by atoms with Gasteiger partial charge in [-0.15, -0.1) is 11.3 Å². The van der Waals surface area contributed by atoms with Crippen molar-refractivity contribution in [3.63, 3.8) is 0 Å². The molecule has 0 bridgehead atoms. The summed E-state index contributed by atoms with van der Waals surface area (Å²) in [6, 6.07) is 0. The van der Waals surface area contributed by atoms with Crippen LogP contribution in [0.25, 0.3) is 0 Å². The van der Waals surface area contributed by atoms with Gasteiger partial charge in [-0.2, -0.15) is 0 Å². The minimum atomic E-state index is 0.543. The van der Waals surface area contributed by atoms with Crippen molar-refractivity contribution >= 4 is 11.3 Å². The molecule has 0 saturated carbocycles. The molecule has 4 heteroatoms. The van der Waals surface area contributed by atoms with E-state index in [1.54, 1.807) is 11.3 Å². The molecule has 3 N–H and O–H groups in total. The van der Waals surface area contributed by atoms with Crippen molar-refractivity contribution < 1.29 is 0 Å². The van der Waals surface area contributed by atoms with E-state index >= 15 is 0 Å². The first-order chi connectivity index (χ1) is 6.22. The summed E-state index contributed by atoms with van der Waals surface area (Å²) >= 11 is 1.74. The van der Waals surface area contributed by atoms with Crippen LogP contribution >= 0.6 is 11.3 Å². The monoisotopic (exact) mass is 199 g/mol. The Morgan fingerprint density at radius 1 is 1.69 bits per heavy atom. The Labute approximate surface area is 83.4 Å². The summed E-state index contributed by atoms with van der Waals surface area (Å²) in [6.45, 7) is 6.78. The van der Waals surface area contributed by atoms with Gasteiger partial charge < -0.3 is 11.1 Å². The van der Waals surface area contributed by atoms with Crippen LogP contribution in [0.15, 0.2) is 6.20 Å². The van der Waals surface area contributed by atoms with Gasteiger partial charge in [0.05, 0.1) is 0 Å². The second-order valence-corrected chi connectivity index (χ2v) is 4.66. The number of rotatable bonds is 5. The summed E-state index contributed by atoms with van der Waals surface area (Å²) in [5, 5.41) is 4.49. The molecule has 13 heavy (non-hydrogen) atoms. The molecule has 1 aromatic heterocycles. The number of hydrogen-bond acceptors (Lipinski definition) is 4. The van der Waals surface area contributed by atoms with Crippen LogP contribution in [-0.2, 0) is 6.54 Å². The van der Waals surface area contributed by atoms with Gasteiger partial charge in [0.1, 0.15) is 5.01 Å². The van der Waals surface area contributed by atoms with Crippen LogP contribution in [0.1, 0.15) is 16.8 Å². The first kappa shape index (κ1) is 10.6. The maximum absolute atomic E-state index is 5.50. The normalized spacial score (nSPS) is 13.2. The van der Waals surface area contributed by atoms with Crippen LogP contribution < -0.4 is 11.1 Å². The van der Waals surface area contributed by atoms with Gasteiger partial charge in [-0.25, -0.2) is 4.98 Å². The highest BCUT2D eigenvalue weighted by Crippen LogP contribution is 2.10. The standard InChI is InChI=1S/C9H17N3S/c1-7(3-10)4-11-6-9-12-5-8(2)13-9/h5,7,11H,3-4,6,10H2,1-2H3. The first-order valence-electron chi connectivity index (χ1n) is 4.54. The lowest BCUT2D eigenvalue weighted by molar-refractivity contribution is 0.521. The molecule has 1 rings (SSSR count). The summed E-state index contributed by atoms with van der Waals surface area (Å²) in [4.78, 5) is 5.53. The van der Waals surface area contributed by atoms with Gasteiger partial charge in [0.15, 0.2) is 0 Å². The second-order valence-electron chi connectivity index (χ2n) is 3.34. The quantitative estimate of drug-likeness (QED) is 0.747. The molecule has 1 heterocycles. The van der Waals surface area contributed by atoms with E-state index in [0.29, 0.717) is 5.92 Å². The highest BCUT2D eigenvalue weighted by Gasteiger charge is 2.00. The van der Waals surface area contributed by atoms with E-state index in [1.807, 2.05) is 6.20 Å². The molecule has 0 amide bonds.